The van der Waals surface area contributed by atoms with Gasteiger partial charge >= 0.3 is 0 Å². The van der Waals surface area contributed by atoms with Crippen LogP contribution < -0.4 is 10.6 Å². The molecule has 1 unspecified atom stereocenters. The van der Waals surface area contributed by atoms with E-state index in [2.05, 4.69) is 41.4 Å². The number of aliphatic hydroxyl groups excluding tert-OH is 1. The monoisotopic (exact) mass is 294 g/mol. The molecule has 1 aromatic rings. The lowest BCUT2D eigenvalue weighted by atomic mass is 9.89. The summed E-state index contributed by atoms with van der Waals surface area (Å²) in [5.74, 6) is 2.49. The summed E-state index contributed by atoms with van der Waals surface area (Å²) in [6.45, 7) is 13.8. The molecule has 1 atom stereocenters. The maximum absolute atomic E-state index is 10.1. The molecule has 0 aromatic carbocycles. The summed E-state index contributed by atoms with van der Waals surface area (Å²) < 4.78 is 0. The molecule has 120 valence electrons. The van der Waals surface area contributed by atoms with Crippen LogP contribution in [0.3, 0.4) is 0 Å². The van der Waals surface area contributed by atoms with Crippen molar-refractivity contribution in [3.05, 3.63) is 11.4 Å². The fraction of sp³-hybridized carbons (Fsp3) is 0.750. The van der Waals surface area contributed by atoms with Gasteiger partial charge in [-0.2, -0.15) is 0 Å². The van der Waals surface area contributed by atoms with Crippen LogP contribution in [-0.4, -0.2) is 34.3 Å². The summed E-state index contributed by atoms with van der Waals surface area (Å²) in [6, 6.07) is 0. The third-order valence-corrected chi connectivity index (χ3v) is 3.21. The normalized spacial score (nSPS) is 13.1. The Kier molecular flexibility index (Phi) is 6.40. The molecule has 0 saturated heterocycles. The Morgan fingerprint density at radius 1 is 1.10 bits per heavy atom. The molecule has 1 rings (SSSR count). The molecule has 0 aliphatic carbocycles. The Bertz CT molecular complexity index is 454. The van der Waals surface area contributed by atoms with Crippen LogP contribution in [0, 0.1) is 12.3 Å². The first-order valence-electron chi connectivity index (χ1n) is 7.80. The van der Waals surface area contributed by atoms with Gasteiger partial charge in [-0.25, -0.2) is 9.97 Å². The van der Waals surface area contributed by atoms with Gasteiger partial charge in [0.1, 0.15) is 17.5 Å². The van der Waals surface area contributed by atoms with Crippen molar-refractivity contribution in [2.75, 3.05) is 23.7 Å². The SMILES string of the molecule is CCNc1nc(CC)nc(NCC(O)CC(C)(C)C)c1C. The molecule has 0 spiro atoms. The third-order valence-electron chi connectivity index (χ3n) is 3.21. The average Bonchev–Trinajstić information content (AvgIpc) is 2.38. The van der Waals surface area contributed by atoms with Crippen LogP contribution in [0.2, 0.25) is 0 Å². The second-order valence-electron chi connectivity index (χ2n) is 6.65. The van der Waals surface area contributed by atoms with Gasteiger partial charge in [0.15, 0.2) is 0 Å². The van der Waals surface area contributed by atoms with Crippen LogP contribution in [-0.2, 0) is 6.42 Å². The van der Waals surface area contributed by atoms with Crippen molar-refractivity contribution in [1.29, 1.82) is 0 Å². The highest BCUT2D eigenvalue weighted by Crippen LogP contribution is 2.23. The van der Waals surface area contributed by atoms with Crippen LogP contribution in [0.4, 0.5) is 11.6 Å². The number of rotatable bonds is 7. The van der Waals surface area contributed by atoms with Crippen molar-refractivity contribution in [3.63, 3.8) is 0 Å². The van der Waals surface area contributed by atoms with Crippen molar-refractivity contribution in [1.82, 2.24) is 9.97 Å². The van der Waals surface area contributed by atoms with E-state index in [0.717, 1.165) is 42.4 Å². The Hall–Kier alpha value is -1.36. The van der Waals surface area contributed by atoms with Crippen LogP contribution in [0.15, 0.2) is 0 Å². The highest BCUT2D eigenvalue weighted by Gasteiger charge is 2.17. The zero-order chi connectivity index (χ0) is 16.0. The quantitative estimate of drug-likeness (QED) is 0.721. The van der Waals surface area contributed by atoms with E-state index in [1.807, 2.05) is 20.8 Å². The predicted molar refractivity (Wildman–Crippen MR) is 88.9 cm³/mol. The molecule has 1 heterocycles. The Morgan fingerprint density at radius 3 is 2.14 bits per heavy atom. The summed E-state index contributed by atoms with van der Waals surface area (Å²) in [6.07, 6.45) is 1.16. The molecule has 5 heteroatoms. The van der Waals surface area contributed by atoms with Crippen molar-refractivity contribution in [3.8, 4) is 0 Å². The Balaban J connectivity index is 2.80. The molecular formula is C16H30N4O. The maximum atomic E-state index is 10.1. The van der Waals surface area contributed by atoms with Gasteiger partial charge in [0.2, 0.25) is 0 Å². The fourth-order valence-corrected chi connectivity index (χ4v) is 2.23. The number of anilines is 2. The smallest absolute Gasteiger partial charge is 0.134 e. The lowest BCUT2D eigenvalue weighted by Crippen LogP contribution is -2.26. The second-order valence-corrected chi connectivity index (χ2v) is 6.65. The number of aromatic nitrogens is 2. The van der Waals surface area contributed by atoms with E-state index >= 15 is 0 Å². The predicted octanol–water partition coefficient (Wildman–Crippen LogP) is 2.99. The van der Waals surface area contributed by atoms with Gasteiger partial charge in [-0.1, -0.05) is 27.7 Å². The first kappa shape index (κ1) is 17.7. The Morgan fingerprint density at radius 2 is 1.67 bits per heavy atom. The molecule has 0 aliphatic heterocycles. The first-order valence-corrected chi connectivity index (χ1v) is 7.80. The van der Waals surface area contributed by atoms with Crippen molar-refractivity contribution >= 4 is 11.6 Å². The molecule has 1 aromatic heterocycles. The minimum atomic E-state index is -0.382. The summed E-state index contributed by atoms with van der Waals surface area (Å²) in [5.41, 5.74) is 1.11. The Labute approximate surface area is 128 Å². The van der Waals surface area contributed by atoms with Crippen LogP contribution in [0.1, 0.15) is 52.4 Å². The lowest BCUT2D eigenvalue weighted by molar-refractivity contribution is 0.132. The number of aryl methyl sites for hydroxylation is 1. The van der Waals surface area contributed by atoms with Crippen molar-refractivity contribution in [2.24, 2.45) is 5.41 Å². The molecule has 0 amide bonds. The average molecular weight is 294 g/mol. The number of nitrogens with zero attached hydrogens (tertiary/aromatic N) is 2. The number of hydrogen-bond acceptors (Lipinski definition) is 5. The first-order chi connectivity index (χ1) is 9.76. The van der Waals surface area contributed by atoms with Gasteiger partial charge in [0.25, 0.3) is 0 Å². The summed E-state index contributed by atoms with van der Waals surface area (Å²) in [5, 5.41) is 16.6. The van der Waals surface area contributed by atoms with E-state index < -0.39 is 0 Å². The van der Waals surface area contributed by atoms with E-state index in [-0.39, 0.29) is 11.5 Å². The van der Waals surface area contributed by atoms with Crippen molar-refractivity contribution < 1.29 is 5.11 Å². The maximum Gasteiger partial charge on any atom is 0.134 e. The lowest BCUT2D eigenvalue weighted by Gasteiger charge is -2.23. The largest absolute Gasteiger partial charge is 0.391 e. The molecule has 0 fully saturated rings. The van der Waals surface area contributed by atoms with Crippen molar-refractivity contribution in [2.45, 2.75) is 60.5 Å². The molecule has 5 nitrogen and oxygen atoms in total. The minimum absolute atomic E-state index is 0.116. The fourth-order valence-electron chi connectivity index (χ4n) is 2.23. The molecule has 0 saturated carbocycles. The summed E-state index contributed by atoms with van der Waals surface area (Å²) >= 11 is 0. The number of nitrogens with one attached hydrogen (secondary N) is 2. The van der Waals surface area contributed by atoms with Crippen LogP contribution >= 0.6 is 0 Å². The van der Waals surface area contributed by atoms with Gasteiger partial charge < -0.3 is 15.7 Å². The molecule has 0 radical (unpaired) electrons. The van der Waals surface area contributed by atoms with Gasteiger partial charge in [0, 0.05) is 25.1 Å². The number of aliphatic hydroxyl groups is 1. The van der Waals surface area contributed by atoms with E-state index in [1.54, 1.807) is 0 Å². The summed E-state index contributed by atoms with van der Waals surface area (Å²) in [7, 11) is 0. The van der Waals surface area contributed by atoms with Crippen LogP contribution in [0.25, 0.3) is 0 Å². The van der Waals surface area contributed by atoms with Gasteiger partial charge in [-0.15, -0.1) is 0 Å². The highest BCUT2D eigenvalue weighted by molar-refractivity contribution is 5.57. The zero-order valence-electron chi connectivity index (χ0n) is 14.2. The van der Waals surface area contributed by atoms with E-state index in [4.69, 9.17) is 0 Å². The van der Waals surface area contributed by atoms with E-state index in [0.29, 0.717) is 6.54 Å². The molecule has 21 heavy (non-hydrogen) atoms. The minimum Gasteiger partial charge on any atom is -0.391 e. The molecule has 3 N–H and O–H groups in total. The molecule has 0 bridgehead atoms. The second kappa shape index (κ2) is 7.59. The van der Waals surface area contributed by atoms with Gasteiger partial charge in [0.05, 0.1) is 6.10 Å². The topological polar surface area (TPSA) is 70.1 Å². The standard InChI is InChI=1S/C16H30N4O/c1-7-13-19-14(17-8-2)11(3)15(20-13)18-10-12(21)9-16(4,5)6/h12,21H,7-10H2,1-6H3,(H2,17,18,19,20). The van der Waals surface area contributed by atoms with E-state index in [9.17, 15) is 5.11 Å². The van der Waals surface area contributed by atoms with Crippen LogP contribution in [0.5, 0.6) is 0 Å². The summed E-state index contributed by atoms with van der Waals surface area (Å²) in [4.78, 5) is 9.03. The number of hydrogen-bond donors (Lipinski definition) is 3. The highest BCUT2D eigenvalue weighted by atomic mass is 16.3. The van der Waals surface area contributed by atoms with Gasteiger partial charge in [-0.05, 0) is 25.7 Å². The zero-order valence-corrected chi connectivity index (χ0v) is 14.2. The molecular weight excluding hydrogens is 264 g/mol. The third kappa shape index (κ3) is 5.87. The van der Waals surface area contributed by atoms with Gasteiger partial charge in [-0.3, -0.25) is 0 Å². The molecule has 0 aliphatic rings. The van der Waals surface area contributed by atoms with E-state index in [1.165, 1.54) is 0 Å².